The summed E-state index contributed by atoms with van der Waals surface area (Å²) in [6.45, 7) is 0.226. The monoisotopic (exact) mass is 366 g/mol. The van der Waals surface area contributed by atoms with E-state index in [0.717, 1.165) is 15.1 Å². The highest BCUT2D eigenvalue weighted by molar-refractivity contribution is 9.11. The number of benzene rings is 1. The molecule has 0 aliphatic carbocycles. The molecule has 3 aromatic rings. The Labute approximate surface area is 131 Å². The van der Waals surface area contributed by atoms with Crippen LogP contribution in [0, 0.1) is 0 Å². The van der Waals surface area contributed by atoms with Crippen molar-refractivity contribution in [2.45, 2.75) is 6.54 Å². The molecule has 1 N–H and O–H groups in total. The summed E-state index contributed by atoms with van der Waals surface area (Å²) in [5, 5.41) is 0. The van der Waals surface area contributed by atoms with Crippen molar-refractivity contribution in [3.05, 3.63) is 60.5 Å². The zero-order valence-corrected chi connectivity index (χ0v) is 13.5. The topological polar surface area (TPSA) is 64.1 Å². The second-order valence-electron chi connectivity index (χ2n) is 4.46. The third-order valence-corrected chi connectivity index (χ3v) is 4.75. The number of thiophene rings is 1. The zero-order valence-electron chi connectivity index (χ0n) is 11.1. The normalized spacial score (nSPS) is 11.0. The lowest BCUT2D eigenvalue weighted by Crippen LogP contribution is -2.34. The lowest BCUT2D eigenvalue weighted by molar-refractivity contribution is 0.414. The largest absolute Gasteiger partial charge is 0.497 e. The number of fused-ring (bicyclic) bond motifs is 1. The van der Waals surface area contributed by atoms with Crippen LogP contribution in [-0.4, -0.2) is 16.7 Å². The van der Waals surface area contributed by atoms with Gasteiger partial charge in [-0.3, -0.25) is 9.36 Å². The van der Waals surface area contributed by atoms with Gasteiger partial charge in [-0.1, -0.05) is 12.1 Å². The fourth-order valence-corrected chi connectivity index (χ4v) is 3.57. The van der Waals surface area contributed by atoms with Gasteiger partial charge in [0.15, 0.2) is 0 Å². The molecule has 0 atom stereocenters. The van der Waals surface area contributed by atoms with E-state index >= 15 is 0 Å². The molecule has 0 spiro atoms. The number of nitrogens with zero attached hydrogens (tertiary/aromatic N) is 1. The van der Waals surface area contributed by atoms with E-state index in [-0.39, 0.29) is 12.1 Å². The molecule has 0 unspecified atom stereocenters. The van der Waals surface area contributed by atoms with E-state index < -0.39 is 5.69 Å². The van der Waals surface area contributed by atoms with Crippen LogP contribution in [0.25, 0.3) is 10.2 Å². The molecular weight excluding hydrogens is 356 g/mol. The standard InChI is InChI=1S/C14H11BrN2O3S/c1-20-9-4-2-8(3-5-9)7-17-13(18)12-10(16-14(17)19)6-11(15)21-12/h2-6H,7H2,1H3,(H,16,19). The fraction of sp³-hybridized carbons (Fsp3) is 0.143. The van der Waals surface area contributed by atoms with Crippen molar-refractivity contribution in [3.8, 4) is 5.75 Å². The Morgan fingerprint density at radius 2 is 2.00 bits per heavy atom. The van der Waals surface area contributed by atoms with Gasteiger partial charge in [0.2, 0.25) is 0 Å². The summed E-state index contributed by atoms with van der Waals surface area (Å²) in [5.74, 6) is 0.734. The minimum atomic E-state index is -0.409. The molecular formula is C14H11BrN2O3S. The van der Waals surface area contributed by atoms with E-state index in [9.17, 15) is 9.59 Å². The average Bonchev–Trinajstić information content (AvgIpc) is 2.85. The van der Waals surface area contributed by atoms with E-state index in [1.54, 1.807) is 25.3 Å². The molecule has 21 heavy (non-hydrogen) atoms. The first-order valence-electron chi connectivity index (χ1n) is 6.13. The smallest absolute Gasteiger partial charge is 0.329 e. The third-order valence-electron chi connectivity index (χ3n) is 3.13. The van der Waals surface area contributed by atoms with E-state index in [2.05, 4.69) is 20.9 Å². The Morgan fingerprint density at radius 1 is 1.29 bits per heavy atom. The minimum Gasteiger partial charge on any atom is -0.497 e. The van der Waals surface area contributed by atoms with Crippen molar-refractivity contribution in [2.75, 3.05) is 7.11 Å². The van der Waals surface area contributed by atoms with Gasteiger partial charge in [-0.15, -0.1) is 11.3 Å². The molecule has 0 radical (unpaired) electrons. The molecule has 0 fully saturated rings. The van der Waals surface area contributed by atoms with Crippen molar-refractivity contribution >= 4 is 37.5 Å². The van der Waals surface area contributed by atoms with Gasteiger partial charge in [0.1, 0.15) is 10.4 Å². The molecule has 108 valence electrons. The molecule has 0 bridgehead atoms. The maximum Gasteiger partial charge on any atom is 0.329 e. The van der Waals surface area contributed by atoms with Crippen LogP contribution in [0.3, 0.4) is 0 Å². The maximum absolute atomic E-state index is 12.4. The summed E-state index contributed by atoms with van der Waals surface area (Å²) >= 11 is 4.64. The SMILES string of the molecule is COc1ccc(Cn2c(=O)[nH]c3cc(Br)sc3c2=O)cc1. The summed E-state index contributed by atoms with van der Waals surface area (Å²) < 4.78 is 7.64. The Balaban J connectivity index is 2.07. The number of halogens is 1. The van der Waals surface area contributed by atoms with Crippen molar-refractivity contribution in [1.29, 1.82) is 0 Å². The number of hydrogen-bond acceptors (Lipinski definition) is 4. The minimum absolute atomic E-state index is 0.226. The van der Waals surface area contributed by atoms with Gasteiger partial charge >= 0.3 is 5.69 Å². The van der Waals surface area contributed by atoms with Crippen molar-refractivity contribution in [3.63, 3.8) is 0 Å². The number of hydrogen-bond donors (Lipinski definition) is 1. The molecule has 2 heterocycles. The Bertz CT molecular complexity index is 909. The van der Waals surface area contributed by atoms with E-state index in [1.807, 2.05) is 12.1 Å². The number of rotatable bonds is 3. The van der Waals surface area contributed by atoms with E-state index in [0.29, 0.717) is 10.2 Å². The van der Waals surface area contributed by atoms with Crippen molar-refractivity contribution < 1.29 is 4.74 Å². The number of aromatic nitrogens is 2. The van der Waals surface area contributed by atoms with Crippen LogP contribution in [0.2, 0.25) is 0 Å². The lowest BCUT2D eigenvalue weighted by Gasteiger charge is -2.06. The second-order valence-corrected chi connectivity index (χ2v) is 6.89. The molecule has 0 saturated carbocycles. The van der Waals surface area contributed by atoms with Crippen LogP contribution in [0.1, 0.15) is 5.56 Å². The van der Waals surface area contributed by atoms with Crippen LogP contribution >= 0.6 is 27.3 Å². The quantitative estimate of drug-likeness (QED) is 0.774. The third kappa shape index (κ3) is 2.66. The Kier molecular flexibility index (Phi) is 3.69. The van der Waals surface area contributed by atoms with Crippen LogP contribution in [0.15, 0.2) is 43.7 Å². The van der Waals surface area contributed by atoms with Crippen molar-refractivity contribution in [1.82, 2.24) is 9.55 Å². The molecule has 7 heteroatoms. The number of nitrogens with one attached hydrogen (secondary N) is 1. The first-order chi connectivity index (χ1) is 10.1. The highest BCUT2D eigenvalue weighted by Crippen LogP contribution is 2.25. The predicted octanol–water partition coefficient (Wildman–Crippen LogP) is 2.57. The molecule has 1 aromatic carbocycles. The number of ether oxygens (including phenoxy) is 1. The number of H-pyrrole nitrogens is 1. The van der Waals surface area contributed by atoms with Gasteiger partial charge in [-0.2, -0.15) is 0 Å². The first-order valence-corrected chi connectivity index (χ1v) is 7.74. The zero-order chi connectivity index (χ0) is 15.0. The van der Waals surface area contributed by atoms with E-state index in [4.69, 9.17) is 4.74 Å². The fourth-order valence-electron chi connectivity index (χ4n) is 2.07. The van der Waals surface area contributed by atoms with Crippen LogP contribution in [0.4, 0.5) is 0 Å². The molecule has 5 nitrogen and oxygen atoms in total. The summed E-state index contributed by atoms with van der Waals surface area (Å²) in [4.78, 5) is 27.2. The first kappa shape index (κ1) is 14.1. The van der Waals surface area contributed by atoms with Gasteiger partial charge in [0.05, 0.1) is 23.0 Å². The predicted molar refractivity (Wildman–Crippen MR) is 86.5 cm³/mol. The molecule has 0 aliphatic heterocycles. The van der Waals surface area contributed by atoms with Gasteiger partial charge in [0, 0.05) is 0 Å². The van der Waals surface area contributed by atoms with Crippen molar-refractivity contribution in [2.24, 2.45) is 0 Å². The number of methoxy groups -OCH3 is 1. The molecule has 0 amide bonds. The maximum atomic E-state index is 12.4. The van der Waals surface area contributed by atoms with Crippen LogP contribution in [-0.2, 0) is 6.54 Å². The van der Waals surface area contributed by atoms with Crippen LogP contribution < -0.4 is 16.0 Å². The van der Waals surface area contributed by atoms with Gasteiger partial charge in [-0.05, 0) is 39.7 Å². The summed E-state index contributed by atoms with van der Waals surface area (Å²) in [6.07, 6.45) is 0. The van der Waals surface area contributed by atoms with Gasteiger partial charge in [0.25, 0.3) is 5.56 Å². The Morgan fingerprint density at radius 3 is 2.67 bits per heavy atom. The average molecular weight is 367 g/mol. The summed E-state index contributed by atoms with van der Waals surface area (Å²) in [5.41, 5.74) is 0.736. The summed E-state index contributed by atoms with van der Waals surface area (Å²) in [6, 6.07) is 9.00. The molecule has 3 rings (SSSR count). The summed E-state index contributed by atoms with van der Waals surface area (Å²) in [7, 11) is 1.59. The van der Waals surface area contributed by atoms with E-state index in [1.165, 1.54) is 15.9 Å². The molecule has 0 saturated heterocycles. The lowest BCUT2D eigenvalue weighted by atomic mass is 10.2. The van der Waals surface area contributed by atoms with Gasteiger partial charge in [-0.25, -0.2) is 4.79 Å². The Hall–Kier alpha value is -1.86. The molecule has 0 aliphatic rings. The van der Waals surface area contributed by atoms with Crippen LogP contribution in [0.5, 0.6) is 5.75 Å². The highest BCUT2D eigenvalue weighted by atomic mass is 79.9. The molecule has 2 aromatic heterocycles. The van der Waals surface area contributed by atoms with Gasteiger partial charge < -0.3 is 9.72 Å². The number of aromatic amines is 1. The highest BCUT2D eigenvalue weighted by Gasteiger charge is 2.11. The second kappa shape index (κ2) is 5.50.